The van der Waals surface area contributed by atoms with Gasteiger partial charge >= 0.3 is 0 Å². The summed E-state index contributed by atoms with van der Waals surface area (Å²) in [5, 5.41) is 4.13. The highest BCUT2D eigenvalue weighted by molar-refractivity contribution is 7.16. The van der Waals surface area contributed by atoms with E-state index >= 15 is 0 Å². The van der Waals surface area contributed by atoms with Gasteiger partial charge in [0.15, 0.2) is 5.13 Å². The van der Waals surface area contributed by atoms with Gasteiger partial charge < -0.3 is 19.9 Å². The summed E-state index contributed by atoms with van der Waals surface area (Å²) in [6.45, 7) is 7.34. The average Bonchev–Trinajstić information content (AvgIpc) is 3.34. The third-order valence-electron chi connectivity index (χ3n) is 6.44. The standard InChI is InChI=1S/C24H27FN4O2S/c1-24(2)19-13-16(25)7-8-20(19)29-17(14-21(30)27-22(24)29)5-3-4-6-18-15-26-23(32-18)28-9-11-31-12-10-28/h3-8,13,15,17,22H,9-12,14H2,1-2H3,(H,27,30). The summed E-state index contributed by atoms with van der Waals surface area (Å²) in [5.41, 5.74) is 1.53. The lowest BCUT2D eigenvalue weighted by molar-refractivity contribution is -0.123. The van der Waals surface area contributed by atoms with Gasteiger partial charge in [0.25, 0.3) is 0 Å². The first-order valence-corrected chi connectivity index (χ1v) is 11.8. The normalized spacial score (nSPS) is 24.8. The summed E-state index contributed by atoms with van der Waals surface area (Å²) in [6.07, 6.45) is 10.1. The van der Waals surface area contributed by atoms with Crippen molar-refractivity contribution in [3.05, 3.63) is 58.9 Å². The van der Waals surface area contributed by atoms with Crippen molar-refractivity contribution < 1.29 is 13.9 Å². The van der Waals surface area contributed by atoms with Crippen molar-refractivity contribution >= 4 is 34.1 Å². The van der Waals surface area contributed by atoms with Gasteiger partial charge in [-0.25, -0.2) is 9.37 Å². The van der Waals surface area contributed by atoms with Gasteiger partial charge in [0.05, 0.1) is 25.7 Å². The Labute approximate surface area is 191 Å². The van der Waals surface area contributed by atoms with Crippen LogP contribution in [0, 0.1) is 5.82 Å². The Bertz CT molecular complexity index is 1070. The molecule has 1 aromatic heterocycles. The zero-order chi connectivity index (χ0) is 22.3. The minimum absolute atomic E-state index is 0.0174. The Balaban J connectivity index is 1.33. The zero-order valence-corrected chi connectivity index (χ0v) is 19.1. The van der Waals surface area contributed by atoms with Crippen molar-refractivity contribution in [1.82, 2.24) is 10.3 Å². The van der Waals surface area contributed by atoms with Crippen molar-refractivity contribution in [2.45, 2.75) is 37.9 Å². The minimum Gasteiger partial charge on any atom is -0.378 e. The van der Waals surface area contributed by atoms with E-state index in [1.807, 2.05) is 30.5 Å². The fourth-order valence-electron chi connectivity index (χ4n) is 4.76. The fraction of sp³-hybridized carbons (Fsp3) is 0.417. The van der Waals surface area contributed by atoms with Crippen LogP contribution in [0.15, 0.2) is 42.6 Å². The Kier molecular flexibility index (Phi) is 5.51. The average molecular weight is 455 g/mol. The molecule has 1 amide bonds. The second-order valence-corrected chi connectivity index (χ2v) is 9.96. The number of amides is 1. The monoisotopic (exact) mass is 454 g/mol. The summed E-state index contributed by atoms with van der Waals surface area (Å²) in [7, 11) is 0. The van der Waals surface area contributed by atoms with Crippen LogP contribution in [0.25, 0.3) is 6.08 Å². The van der Waals surface area contributed by atoms with E-state index in [0.717, 1.165) is 47.6 Å². The highest BCUT2D eigenvalue weighted by Gasteiger charge is 2.50. The Morgan fingerprint density at radius 2 is 2.09 bits per heavy atom. The number of morpholine rings is 1. The predicted molar refractivity (Wildman–Crippen MR) is 126 cm³/mol. The van der Waals surface area contributed by atoms with Crippen molar-refractivity contribution in [2.75, 3.05) is 36.1 Å². The zero-order valence-electron chi connectivity index (χ0n) is 18.3. The van der Waals surface area contributed by atoms with Gasteiger partial charge in [-0.2, -0.15) is 0 Å². The second-order valence-electron chi connectivity index (χ2n) is 8.92. The van der Waals surface area contributed by atoms with Gasteiger partial charge in [0.1, 0.15) is 12.0 Å². The van der Waals surface area contributed by atoms with E-state index < -0.39 is 0 Å². The first-order valence-electron chi connectivity index (χ1n) is 10.9. The molecule has 5 rings (SSSR count). The van der Waals surface area contributed by atoms with Gasteiger partial charge in [-0.05, 0) is 29.8 Å². The van der Waals surface area contributed by atoms with Crippen LogP contribution in [0.1, 0.15) is 30.7 Å². The van der Waals surface area contributed by atoms with Crippen molar-refractivity contribution in [3.8, 4) is 0 Å². The van der Waals surface area contributed by atoms with E-state index in [1.165, 1.54) is 6.07 Å². The lowest BCUT2D eigenvalue weighted by Crippen LogP contribution is -2.61. The van der Waals surface area contributed by atoms with E-state index in [9.17, 15) is 9.18 Å². The molecule has 2 fully saturated rings. The number of fused-ring (bicyclic) bond motifs is 3. The summed E-state index contributed by atoms with van der Waals surface area (Å²) in [4.78, 5) is 22.5. The number of thiazole rings is 1. The molecule has 32 heavy (non-hydrogen) atoms. The number of benzene rings is 1. The molecule has 4 heterocycles. The topological polar surface area (TPSA) is 57.7 Å². The number of hydrogen-bond donors (Lipinski definition) is 1. The molecule has 2 saturated heterocycles. The molecule has 6 nitrogen and oxygen atoms in total. The van der Waals surface area contributed by atoms with Crippen LogP contribution in [0.2, 0.25) is 0 Å². The molecule has 0 spiro atoms. The lowest BCUT2D eigenvalue weighted by Gasteiger charge is -2.42. The molecule has 1 N–H and O–H groups in total. The number of carbonyl (C=O) groups is 1. The summed E-state index contributed by atoms with van der Waals surface area (Å²) in [5.74, 6) is -0.233. The Hall–Kier alpha value is -2.71. The summed E-state index contributed by atoms with van der Waals surface area (Å²) >= 11 is 1.66. The molecule has 1 aromatic carbocycles. The number of aromatic nitrogens is 1. The van der Waals surface area contributed by atoms with Crippen molar-refractivity contribution in [3.63, 3.8) is 0 Å². The molecule has 168 valence electrons. The van der Waals surface area contributed by atoms with Crippen LogP contribution in [0.5, 0.6) is 0 Å². The van der Waals surface area contributed by atoms with Crippen LogP contribution in [-0.2, 0) is 14.9 Å². The number of hydrogen-bond acceptors (Lipinski definition) is 6. The number of ether oxygens (including phenoxy) is 1. The van der Waals surface area contributed by atoms with Crippen LogP contribution < -0.4 is 15.1 Å². The molecule has 0 saturated carbocycles. The third kappa shape index (κ3) is 3.82. The number of carbonyl (C=O) groups excluding carboxylic acids is 1. The molecule has 3 aliphatic rings. The van der Waals surface area contributed by atoms with Crippen LogP contribution >= 0.6 is 11.3 Å². The molecule has 3 aliphatic heterocycles. The first kappa shape index (κ1) is 21.2. The molecule has 2 aromatic rings. The number of nitrogens with one attached hydrogen (secondary N) is 1. The highest BCUT2D eigenvalue weighted by Crippen LogP contribution is 2.47. The second kappa shape index (κ2) is 8.33. The molecule has 2 atom stereocenters. The fourth-order valence-corrected chi connectivity index (χ4v) is 5.64. The van der Waals surface area contributed by atoms with Crippen molar-refractivity contribution in [1.29, 1.82) is 0 Å². The number of halogens is 1. The Morgan fingerprint density at radius 3 is 2.91 bits per heavy atom. The molecular formula is C24H27FN4O2S. The first-order chi connectivity index (χ1) is 15.4. The smallest absolute Gasteiger partial charge is 0.224 e. The van der Waals surface area contributed by atoms with Gasteiger partial charge in [-0.3, -0.25) is 4.79 Å². The maximum atomic E-state index is 13.9. The van der Waals surface area contributed by atoms with Crippen LogP contribution in [0.3, 0.4) is 0 Å². The predicted octanol–water partition coefficient (Wildman–Crippen LogP) is 3.70. The van der Waals surface area contributed by atoms with Crippen LogP contribution in [0.4, 0.5) is 15.2 Å². The molecule has 0 bridgehead atoms. The lowest BCUT2D eigenvalue weighted by atomic mass is 9.83. The van der Waals surface area contributed by atoms with E-state index in [-0.39, 0.29) is 29.3 Å². The van der Waals surface area contributed by atoms with Gasteiger partial charge in [0.2, 0.25) is 5.91 Å². The molecule has 0 aliphatic carbocycles. The van der Waals surface area contributed by atoms with E-state index in [1.54, 1.807) is 17.4 Å². The maximum Gasteiger partial charge on any atom is 0.224 e. The number of anilines is 2. The van der Waals surface area contributed by atoms with Crippen molar-refractivity contribution in [2.24, 2.45) is 0 Å². The summed E-state index contributed by atoms with van der Waals surface area (Å²) < 4.78 is 19.3. The third-order valence-corrected chi connectivity index (χ3v) is 7.46. The van der Waals surface area contributed by atoms with Gasteiger partial charge in [-0.1, -0.05) is 43.4 Å². The molecule has 8 heteroatoms. The van der Waals surface area contributed by atoms with Gasteiger partial charge in [0, 0.05) is 35.3 Å². The molecular weight excluding hydrogens is 427 g/mol. The summed E-state index contributed by atoms with van der Waals surface area (Å²) in [6, 6.07) is 4.82. The van der Waals surface area contributed by atoms with Gasteiger partial charge in [-0.15, -0.1) is 0 Å². The van der Waals surface area contributed by atoms with E-state index in [4.69, 9.17) is 4.74 Å². The SMILES string of the molecule is CC1(C)c2cc(F)ccc2N2C(C=CC=Cc3cnc(N4CCOCC4)s3)CC(=O)NC21. The number of nitrogens with zero attached hydrogens (tertiary/aromatic N) is 3. The number of rotatable bonds is 4. The number of allylic oxidation sites excluding steroid dienone is 2. The minimum atomic E-state index is -0.381. The van der Waals surface area contributed by atoms with E-state index in [2.05, 4.69) is 40.0 Å². The molecule has 0 radical (unpaired) electrons. The van der Waals surface area contributed by atoms with E-state index in [0.29, 0.717) is 6.42 Å². The Morgan fingerprint density at radius 1 is 1.28 bits per heavy atom. The molecule has 2 unspecified atom stereocenters. The quantitative estimate of drug-likeness (QED) is 0.714. The largest absolute Gasteiger partial charge is 0.378 e. The van der Waals surface area contributed by atoms with Crippen LogP contribution in [-0.4, -0.2) is 49.4 Å². The maximum absolute atomic E-state index is 13.9. The highest BCUT2D eigenvalue weighted by atomic mass is 32.1.